The Hall–Kier alpha value is -1.60. The van der Waals surface area contributed by atoms with Gasteiger partial charge in [-0.2, -0.15) is 0 Å². The summed E-state index contributed by atoms with van der Waals surface area (Å²) in [6, 6.07) is 15.2. The Balaban J connectivity index is 1.89. The normalized spacial score (nSPS) is 12.6. The van der Waals surface area contributed by atoms with Crippen LogP contribution in [0, 0.1) is 5.41 Å². The van der Waals surface area contributed by atoms with Crippen molar-refractivity contribution in [3.63, 3.8) is 0 Å². The zero-order chi connectivity index (χ0) is 16.0. The van der Waals surface area contributed by atoms with Gasteiger partial charge in [0.1, 0.15) is 0 Å². The van der Waals surface area contributed by atoms with E-state index in [1.54, 1.807) is 0 Å². The molecule has 22 heavy (non-hydrogen) atoms. The Labute approximate surface area is 135 Å². The quantitative estimate of drug-likeness (QED) is 0.622. The van der Waals surface area contributed by atoms with Crippen LogP contribution in [0.15, 0.2) is 54.6 Å². The van der Waals surface area contributed by atoms with E-state index in [1.807, 2.05) is 0 Å². The summed E-state index contributed by atoms with van der Waals surface area (Å²) in [5.74, 6) is 0. The van der Waals surface area contributed by atoms with Gasteiger partial charge in [-0.05, 0) is 41.6 Å². The average Bonchev–Trinajstić information content (AvgIpc) is 2.46. The molecule has 0 spiro atoms. The number of rotatable bonds is 6. The van der Waals surface area contributed by atoms with Gasteiger partial charge < -0.3 is 0 Å². The third kappa shape index (κ3) is 5.31. The zero-order valence-corrected chi connectivity index (χ0v) is 14.5. The van der Waals surface area contributed by atoms with Gasteiger partial charge in [-0.15, -0.1) is 0 Å². The van der Waals surface area contributed by atoms with Crippen molar-refractivity contribution in [2.45, 2.75) is 40.2 Å². The van der Waals surface area contributed by atoms with Crippen LogP contribution in [0.4, 0.5) is 0 Å². The van der Waals surface area contributed by atoms with Crippen molar-refractivity contribution in [3.05, 3.63) is 60.2 Å². The summed E-state index contributed by atoms with van der Waals surface area (Å²) in [4.78, 5) is 2.37. The molecule has 0 aliphatic carbocycles. The molecule has 0 aliphatic heterocycles. The van der Waals surface area contributed by atoms with Crippen LogP contribution in [0.1, 0.15) is 39.2 Å². The van der Waals surface area contributed by atoms with Gasteiger partial charge in [0.2, 0.25) is 0 Å². The van der Waals surface area contributed by atoms with E-state index < -0.39 is 0 Å². The summed E-state index contributed by atoms with van der Waals surface area (Å²) in [5.41, 5.74) is 1.84. The van der Waals surface area contributed by atoms with E-state index in [0.717, 1.165) is 13.1 Å². The summed E-state index contributed by atoms with van der Waals surface area (Å²) in [6.45, 7) is 8.90. The molecule has 2 rings (SSSR count). The van der Waals surface area contributed by atoms with Crippen molar-refractivity contribution in [1.82, 2.24) is 4.90 Å². The molecular weight excluding hydrogens is 266 g/mol. The first kappa shape index (κ1) is 16.8. The van der Waals surface area contributed by atoms with Crippen molar-refractivity contribution in [2.24, 2.45) is 5.41 Å². The van der Waals surface area contributed by atoms with Gasteiger partial charge in [0.15, 0.2) is 0 Å². The minimum absolute atomic E-state index is 0.430. The van der Waals surface area contributed by atoms with Crippen LogP contribution in [-0.4, -0.2) is 18.5 Å². The molecular formula is C21H29N. The van der Waals surface area contributed by atoms with E-state index in [2.05, 4.69) is 87.3 Å². The van der Waals surface area contributed by atoms with Gasteiger partial charge in [-0.3, -0.25) is 4.90 Å². The smallest absolute Gasteiger partial charge is 0.0240 e. The summed E-state index contributed by atoms with van der Waals surface area (Å²) >= 11 is 0. The number of fused-ring (bicyclic) bond motifs is 1. The monoisotopic (exact) mass is 295 g/mol. The molecule has 0 fully saturated rings. The molecule has 0 saturated heterocycles. The van der Waals surface area contributed by atoms with Gasteiger partial charge in [-0.25, -0.2) is 0 Å². The SMILES string of the molecule is CN(C/C=C/CCC(C)(C)C)Cc1cccc2ccccc12. The number of nitrogens with zero attached hydrogens (tertiary/aromatic N) is 1. The first-order valence-corrected chi connectivity index (χ1v) is 8.26. The molecule has 0 amide bonds. The van der Waals surface area contributed by atoms with Gasteiger partial charge in [0.25, 0.3) is 0 Å². The number of likely N-dealkylation sites (N-methyl/N-ethyl adjacent to an activating group) is 1. The Morgan fingerprint density at radius 2 is 1.68 bits per heavy atom. The molecule has 2 aromatic rings. The van der Waals surface area contributed by atoms with Crippen molar-refractivity contribution >= 4 is 10.8 Å². The lowest BCUT2D eigenvalue weighted by Gasteiger charge is -2.17. The maximum atomic E-state index is 2.37. The number of benzene rings is 2. The second-order valence-electron chi connectivity index (χ2n) is 7.41. The highest BCUT2D eigenvalue weighted by atomic mass is 15.1. The highest BCUT2D eigenvalue weighted by Crippen LogP contribution is 2.21. The Morgan fingerprint density at radius 3 is 2.45 bits per heavy atom. The van der Waals surface area contributed by atoms with E-state index in [-0.39, 0.29) is 0 Å². The minimum atomic E-state index is 0.430. The lowest BCUT2D eigenvalue weighted by Crippen LogP contribution is -2.17. The van der Waals surface area contributed by atoms with Crippen molar-refractivity contribution in [1.29, 1.82) is 0 Å². The van der Waals surface area contributed by atoms with E-state index in [1.165, 1.54) is 29.2 Å². The lowest BCUT2D eigenvalue weighted by atomic mass is 9.90. The van der Waals surface area contributed by atoms with Crippen LogP contribution in [0.3, 0.4) is 0 Å². The second-order valence-corrected chi connectivity index (χ2v) is 7.41. The standard InChI is InChI=1S/C21H29N/c1-21(2,3)15-8-5-9-16-22(4)17-19-13-10-12-18-11-6-7-14-20(18)19/h5-7,9-14H,8,15-17H2,1-4H3/b9-5+. The molecule has 0 heterocycles. The first-order valence-electron chi connectivity index (χ1n) is 8.26. The topological polar surface area (TPSA) is 3.24 Å². The molecule has 0 aliphatic rings. The van der Waals surface area contributed by atoms with Crippen molar-refractivity contribution in [2.75, 3.05) is 13.6 Å². The maximum absolute atomic E-state index is 2.37. The largest absolute Gasteiger partial charge is 0.298 e. The first-order chi connectivity index (χ1) is 10.5. The number of hydrogen-bond acceptors (Lipinski definition) is 1. The fraction of sp³-hybridized carbons (Fsp3) is 0.429. The molecule has 0 bridgehead atoms. The summed E-state index contributed by atoms with van der Waals surface area (Å²) in [5, 5.41) is 2.70. The molecule has 0 saturated carbocycles. The Kier molecular flexibility index (Phi) is 5.79. The van der Waals surface area contributed by atoms with E-state index >= 15 is 0 Å². The maximum Gasteiger partial charge on any atom is 0.0240 e. The van der Waals surface area contributed by atoms with Gasteiger partial charge >= 0.3 is 0 Å². The molecule has 0 atom stereocenters. The molecule has 0 radical (unpaired) electrons. The Morgan fingerprint density at radius 1 is 0.955 bits per heavy atom. The number of allylic oxidation sites excluding steroid dienone is 1. The molecule has 1 nitrogen and oxygen atoms in total. The van der Waals surface area contributed by atoms with Crippen LogP contribution in [0.2, 0.25) is 0 Å². The van der Waals surface area contributed by atoms with Crippen LogP contribution in [0.5, 0.6) is 0 Å². The van der Waals surface area contributed by atoms with Crippen molar-refractivity contribution in [3.8, 4) is 0 Å². The third-order valence-corrected chi connectivity index (χ3v) is 3.96. The minimum Gasteiger partial charge on any atom is -0.298 e. The van der Waals surface area contributed by atoms with Gasteiger partial charge in [0, 0.05) is 13.1 Å². The predicted molar refractivity (Wildman–Crippen MR) is 98.1 cm³/mol. The van der Waals surface area contributed by atoms with E-state index in [4.69, 9.17) is 0 Å². The number of hydrogen-bond donors (Lipinski definition) is 0. The van der Waals surface area contributed by atoms with Crippen LogP contribution >= 0.6 is 0 Å². The summed E-state index contributed by atoms with van der Waals surface area (Å²) < 4.78 is 0. The zero-order valence-electron chi connectivity index (χ0n) is 14.5. The van der Waals surface area contributed by atoms with Crippen LogP contribution in [0.25, 0.3) is 10.8 Å². The molecule has 0 N–H and O–H groups in total. The van der Waals surface area contributed by atoms with E-state index in [0.29, 0.717) is 5.41 Å². The fourth-order valence-electron chi connectivity index (χ4n) is 2.67. The highest BCUT2D eigenvalue weighted by Gasteiger charge is 2.07. The molecule has 2 aromatic carbocycles. The summed E-state index contributed by atoms with van der Waals surface area (Å²) in [7, 11) is 2.19. The van der Waals surface area contributed by atoms with E-state index in [9.17, 15) is 0 Å². The van der Waals surface area contributed by atoms with Crippen LogP contribution < -0.4 is 0 Å². The fourth-order valence-corrected chi connectivity index (χ4v) is 2.67. The Bertz CT molecular complexity index is 614. The van der Waals surface area contributed by atoms with Gasteiger partial charge in [0.05, 0.1) is 0 Å². The molecule has 118 valence electrons. The molecule has 1 heteroatoms. The van der Waals surface area contributed by atoms with Gasteiger partial charge in [-0.1, -0.05) is 75.4 Å². The second kappa shape index (κ2) is 7.60. The molecule has 0 unspecified atom stereocenters. The highest BCUT2D eigenvalue weighted by molar-refractivity contribution is 5.85. The van der Waals surface area contributed by atoms with Crippen LogP contribution in [-0.2, 0) is 6.54 Å². The molecule has 0 aromatic heterocycles. The average molecular weight is 295 g/mol. The third-order valence-electron chi connectivity index (χ3n) is 3.96. The van der Waals surface area contributed by atoms with Crippen molar-refractivity contribution < 1.29 is 0 Å². The summed E-state index contributed by atoms with van der Waals surface area (Å²) in [6.07, 6.45) is 7.05. The predicted octanol–water partition coefficient (Wildman–Crippen LogP) is 5.65. The lowest BCUT2D eigenvalue weighted by molar-refractivity contribution is 0.362.